The van der Waals surface area contributed by atoms with Crippen molar-refractivity contribution < 1.29 is 29.0 Å². The Morgan fingerprint density at radius 3 is 2.50 bits per heavy atom. The van der Waals surface area contributed by atoms with Crippen LogP contribution in [0.15, 0.2) is 54.6 Å². The molecule has 1 spiro atoms. The lowest BCUT2D eigenvalue weighted by Gasteiger charge is -2.33. The lowest BCUT2D eigenvalue weighted by Crippen LogP contribution is -2.55. The highest BCUT2D eigenvalue weighted by atomic mass is 16.5. The van der Waals surface area contributed by atoms with Crippen LogP contribution >= 0.6 is 0 Å². The SMILES string of the molecule is CCOc1ccc(NC(=O)[C@H]2[C@H]3C(=O)N(CCCCCO)C(C(=O)NCc4ccccc4)C34CC[C@]2(C)O4)cc1. The first-order valence-corrected chi connectivity index (χ1v) is 14.3. The van der Waals surface area contributed by atoms with Crippen LogP contribution in [0.25, 0.3) is 0 Å². The summed E-state index contributed by atoms with van der Waals surface area (Å²) in [7, 11) is 0. The number of anilines is 1. The second-order valence-electron chi connectivity index (χ2n) is 11.2. The third-order valence-electron chi connectivity index (χ3n) is 8.61. The number of nitrogens with zero attached hydrogens (tertiary/aromatic N) is 1. The third-order valence-corrected chi connectivity index (χ3v) is 8.61. The van der Waals surface area contributed by atoms with Gasteiger partial charge in [-0.3, -0.25) is 14.4 Å². The minimum Gasteiger partial charge on any atom is -0.494 e. The number of carbonyl (C=O) groups is 3. The number of fused-ring (bicyclic) bond motifs is 1. The molecule has 40 heavy (non-hydrogen) atoms. The van der Waals surface area contributed by atoms with Gasteiger partial charge < -0.3 is 30.1 Å². The molecular weight excluding hydrogens is 510 g/mol. The molecule has 9 nitrogen and oxygen atoms in total. The van der Waals surface area contributed by atoms with Crippen molar-refractivity contribution in [2.45, 2.75) is 69.7 Å². The number of ether oxygens (including phenoxy) is 2. The number of unbranched alkanes of at least 4 members (excludes halogenated alkanes) is 2. The fourth-order valence-corrected chi connectivity index (χ4v) is 6.84. The van der Waals surface area contributed by atoms with E-state index >= 15 is 0 Å². The van der Waals surface area contributed by atoms with Gasteiger partial charge >= 0.3 is 0 Å². The zero-order chi connectivity index (χ0) is 28.3. The number of carbonyl (C=O) groups excluding carboxylic acids is 3. The molecule has 214 valence electrons. The zero-order valence-electron chi connectivity index (χ0n) is 23.2. The van der Waals surface area contributed by atoms with Crippen molar-refractivity contribution >= 4 is 23.4 Å². The standard InChI is InChI=1S/C31H39N3O6/c1-3-39-23-14-12-22(13-15-23)33-27(36)24-25-29(38)34(18-8-5-9-19-35)26(31(25)17-16-30(24,2)40-31)28(37)32-20-21-10-6-4-7-11-21/h4,6-7,10-15,24-26,35H,3,5,8-9,16-20H2,1-2H3,(H,32,37)(H,33,36)/t24-,25+,26?,30+,31?/m1/s1. The van der Waals surface area contributed by atoms with Gasteiger partial charge in [0.05, 0.1) is 24.0 Å². The van der Waals surface area contributed by atoms with Crippen LogP contribution in [-0.2, 0) is 25.7 Å². The van der Waals surface area contributed by atoms with Crippen molar-refractivity contribution in [1.29, 1.82) is 0 Å². The average molecular weight is 550 g/mol. The van der Waals surface area contributed by atoms with Crippen molar-refractivity contribution in [2.75, 3.05) is 25.1 Å². The molecule has 3 aliphatic rings. The van der Waals surface area contributed by atoms with E-state index in [1.165, 1.54) is 0 Å². The van der Waals surface area contributed by atoms with Crippen LogP contribution in [0.2, 0.25) is 0 Å². The lowest BCUT2D eigenvalue weighted by molar-refractivity contribution is -0.145. The molecule has 2 aromatic carbocycles. The van der Waals surface area contributed by atoms with Gasteiger partial charge in [-0.25, -0.2) is 0 Å². The molecule has 0 aromatic heterocycles. The van der Waals surface area contributed by atoms with Gasteiger partial charge in [-0.1, -0.05) is 30.3 Å². The van der Waals surface area contributed by atoms with Gasteiger partial charge in [0.1, 0.15) is 17.4 Å². The van der Waals surface area contributed by atoms with E-state index in [1.807, 2.05) is 44.2 Å². The zero-order valence-corrected chi connectivity index (χ0v) is 23.2. The summed E-state index contributed by atoms with van der Waals surface area (Å²) in [5.41, 5.74) is -0.349. The summed E-state index contributed by atoms with van der Waals surface area (Å²) in [4.78, 5) is 43.3. The fraction of sp³-hybridized carbons (Fsp3) is 0.516. The maximum atomic E-state index is 14.1. The molecule has 3 heterocycles. The number of nitrogens with one attached hydrogen (secondary N) is 2. The smallest absolute Gasteiger partial charge is 0.246 e. The van der Waals surface area contributed by atoms with E-state index in [-0.39, 0.29) is 24.3 Å². The Balaban J connectivity index is 1.40. The van der Waals surface area contributed by atoms with Gasteiger partial charge in [0.2, 0.25) is 17.7 Å². The number of aliphatic hydroxyl groups is 1. The van der Waals surface area contributed by atoms with Crippen molar-refractivity contribution in [3.63, 3.8) is 0 Å². The van der Waals surface area contributed by atoms with Gasteiger partial charge in [-0.15, -0.1) is 0 Å². The Morgan fingerprint density at radius 1 is 1.05 bits per heavy atom. The Labute approximate surface area is 235 Å². The van der Waals surface area contributed by atoms with E-state index < -0.39 is 29.1 Å². The maximum Gasteiger partial charge on any atom is 0.246 e. The molecule has 2 bridgehead atoms. The second kappa shape index (κ2) is 11.6. The van der Waals surface area contributed by atoms with Gasteiger partial charge in [0, 0.05) is 25.4 Å². The molecule has 5 atom stereocenters. The Hall–Kier alpha value is -3.43. The summed E-state index contributed by atoms with van der Waals surface area (Å²) in [6.45, 7) is 5.13. The molecule has 3 N–H and O–H groups in total. The van der Waals surface area contributed by atoms with Gasteiger partial charge in [0.25, 0.3) is 0 Å². The molecule has 5 rings (SSSR count). The summed E-state index contributed by atoms with van der Waals surface area (Å²) in [5, 5.41) is 15.2. The van der Waals surface area contributed by atoms with Gasteiger partial charge in [0.15, 0.2) is 0 Å². The third kappa shape index (κ3) is 5.08. The van der Waals surface area contributed by atoms with E-state index in [9.17, 15) is 19.5 Å². The first kappa shape index (κ1) is 28.1. The van der Waals surface area contributed by atoms with Crippen LogP contribution in [0.1, 0.15) is 51.5 Å². The predicted molar refractivity (Wildman–Crippen MR) is 149 cm³/mol. The van der Waals surface area contributed by atoms with E-state index in [0.717, 1.165) is 12.0 Å². The number of likely N-dealkylation sites (tertiary alicyclic amines) is 1. The maximum absolute atomic E-state index is 14.1. The summed E-state index contributed by atoms with van der Waals surface area (Å²) in [6, 6.07) is 15.9. The van der Waals surface area contributed by atoms with Gasteiger partial charge in [-0.05, 0) is 75.8 Å². The molecule has 0 radical (unpaired) electrons. The molecule has 9 heteroatoms. The van der Waals surface area contributed by atoms with Crippen LogP contribution in [-0.4, -0.2) is 64.7 Å². The number of amides is 3. The molecule has 3 saturated heterocycles. The van der Waals surface area contributed by atoms with Crippen molar-refractivity contribution in [3.05, 3.63) is 60.2 Å². The van der Waals surface area contributed by atoms with Crippen LogP contribution in [0.3, 0.4) is 0 Å². The molecule has 3 aliphatic heterocycles. The summed E-state index contributed by atoms with van der Waals surface area (Å²) < 4.78 is 12.2. The minimum atomic E-state index is -1.07. The van der Waals surface area contributed by atoms with E-state index in [0.29, 0.717) is 56.8 Å². The largest absolute Gasteiger partial charge is 0.494 e. The number of hydrogen-bond donors (Lipinski definition) is 3. The van der Waals surface area contributed by atoms with E-state index in [2.05, 4.69) is 10.6 Å². The highest BCUT2D eigenvalue weighted by Gasteiger charge is 2.77. The topological polar surface area (TPSA) is 117 Å². The van der Waals surface area contributed by atoms with E-state index in [1.54, 1.807) is 29.2 Å². The molecule has 2 aromatic rings. The lowest BCUT2D eigenvalue weighted by atomic mass is 9.66. The number of hydrogen-bond acceptors (Lipinski definition) is 6. The molecule has 0 saturated carbocycles. The highest BCUT2D eigenvalue weighted by Crippen LogP contribution is 2.63. The van der Waals surface area contributed by atoms with Crippen molar-refractivity contribution in [1.82, 2.24) is 10.2 Å². The number of aliphatic hydroxyl groups excluding tert-OH is 1. The minimum absolute atomic E-state index is 0.0801. The Morgan fingerprint density at radius 2 is 1.80 bits per heavy atom. The average Bonchev–Trinajstić information content (AvgIpc) is 3.52. The summed E-state index contributed by atoms with van der Waals surface area (Å²) in [5.74, 6) is -1.52. The molecule has 3 fully saturated rings. The van der Waals surface area contributed by atoms with Crippen molar-refractivity contribution in [3.8, 4) is 5.75 Å². The van der Waals surface area contributed by atoms with Crippen LogP contribution in [0.5, 0.6) is 5.75 Å². The predicted octanol–water partition coefficient (Wildman–Crippen LogP) is 3.27. The first-order chi connectivity index (χ1) is 19.3. The van der Waals surface area contributed by atoms with Crippen LogP contribution < -0.4 is 15.4 Å². The summed E-state index contributed by atoms with van der Waals surface area (Å²) in [6.07, 6.45) is 3.12. The van der Waals surface area contributed by atoms with Crippen LogP contribution in [0.4, 0.5) is 5.69 Å². The molecule has 2 unspecified atom stereocenters. The fourth-order valence-electron chi connectivity index (χ4n) is 6.84. The first-order valence-electron chi connectivity index (χ1n) is 14.3. The second-order valence-corrected chi connectivity index (χ2v) is 11.2. The monoisotopic (exact) mass is 549 g/mol. The van der Waals surface area contributed by atoms with Crippen molar-refractivity contribution in [2.24, 2.45) is 11.8 Å². The van der Waals surface area contributed by atoms with Gasteiger partial charge in [-0.2, -0.15) is 0 Å². The summed E-state index contributed by atoms with van der Waals surface area (Å²) >= 11 is 0. The number of rotatable bonds is 12. The normalized spacial score (nSPS) is 28.4. The quantitative estimate of drug-likeness (QED) is 0.350. The Kier molecular flexibility index (Phi) is 8.14. The molecular formula is C31H39N3O6. The molecule has 0 aliphatic carbocycles. The highest BCUT2D eigenvalue weighted by molar-refractivity contribution is 6.02. The van der Waals surface area contributed by atoms with E-state index in [4.69, 9.17) is 9.47 Å². The van der Waals surface area contributed by atoms with Crippen LogP contribution in [0, 0.1) is 11.8 Å². The number of benzene rings is 2. The Bertz CT molecular complexity index is 1220. The molecule has 3 amide bonds.